The zero-order valence-electron chi connectivity index (χ0n) is 15.9. The molecule has 0 radical (unpaired) electrons. The summed E-state index contributed by atoms with van der Waals surface area (Å²) in [4.78, 5) is 16.7. The number of rotatable bonds is 8. The first-order chi connectivity index (χ1) is 12.3. The molecule has 7 heteroatoms. The van der Waals surface area contributed by atoms with E-state index in [1.165, 1.54) is 0 Å². The number of pyridine rings is 1. The van der Waals surface area contributed by atoms with Crippen molar-refractivity contribution in [1.82, 2.24) is 4.98 Å². The van der Waals surface area contributed by atoms with Gasteiger partial charge in [-0.15, -0.1) is 0 Å². The summed E-state index contributed by atoms with van der Waals surface area (Å²) in [5, 5.41) is 2.41. The summed E-state index contributed by atoms with van der Waals surface area (Å²) in [5.74, 6) is 0.908. The molecule has 146 valence electrons. The molecule has 0 bridgehead atoms. The summed E-state index contributed by atoms with van der Waals surface area (Å²) >= 11 is 0. The number of ether oxygens (including phenoxy) is 1. The molecule has 0 spiro atoms. The zero-order valence-corrected chi connectivity index (χ0v) is 16.7. The van der Waals surface area contributed by atoms with Gasteiger partial charge in [-0.05, 0) is 51.7 Å². The average Bonchev–Trinajstić information content (AvgIpc) is 2.61. The number of nitrogens with zero attached hydrogens (tertiary/aromatic N) is 1. The van der Waals surface area contributed by atoms with E-state index >= 15 is 0 Å². The number of unbranched alkanes of at least 4 members (excludes halogenated alkanes) is 1. The minimum atomic E-state index is -3.11. The Balaban J connectivity index is 1.94. The van der Waals surface area contributed by atoms with E-state index in [0.29, 0.717) is 30.8 Å². The molecule has 1 N–H and O–H groups in total. The van der Waals surface area contributed by atoms with Crippen LogP contribution in [0.2, 0.25) is 0 Å². The molecule has 0 aromatic carbocycles. The van der Waals surface area contributed by atoms with Crippen molar-refractivity contribution >= 4 is 21.6 Å². The standard InChI is InChI=1S/C19H30N2O4S/c1-4-5-11-26(23,24)17-8-6-7-15(12-17)19(22)21-18-10-9-16(13-20-18)25-14(2)3/h9-10,13-15,17H,4-8,11-12H2,1-3H3,(H,20,21,22). The molecule has 1 aromatic rings. The number of hydrogen-bond acceptors (Lipinski definition) is 5. The molecule has 0 aliphatic heterocycles. The summed E-state index contributed by atoms with van der Waals surface area (Å²) in [6, 6.07) is 3.47. The zero-order chi connectivity index (χ0) is 19.2. The molecule has 26 heavy (non-hydrogen) atoms. The Hall–Kier alpha value is -1.63. The van der Waals surface area contributed by atoms with Gasteiger partial charge < -0.3 is 10.1 Å². The van der Waals surface area contributed by atoms with Gasteiger partial charge in [0.1, 0.15) is 11.6 Å². The van der Waals surface area contributed by atoms with Crippen LogP contribution in [0.15, 0.2) is 18.3 Å². The van der Waals surface area contributed by atoms with E-state index in [-0.39, 0.29) is 23.7 Å². The number of sulfone groups is 1. The first kappa shape index (κ1) is 20.7. The van der Waals surface area contributed by atoms with Gasteiger partial charge in [0.05, 0.1) is 23.3 Å². The molecular weight excluding hydrogens is 352 g/mol. The first-order valence-corrected chi connectivity index (χ1v) is 11.2. The fourth-order valence-electron chi connectivity index (χ4n) is 3.25. The maximum Gasteiger partial charge on any atom is 0.228 e. The lowest BCUT2D eigenvalue weighted by Gasteiger charge is -2.28. The Morgan fingerprint density at radius 2 is 2.12 bits per heavy atom. The van der Waals surface area contributed by atoms with E-state index in [4.69, 9.17) is 4.74 Å². The van der Waals surface area contributed by atoms with Crippen LogP contribution in [0, 0.1) is 5.92 Å². The summed E-state index contributed by atoms with van der Waals surface area (Å²) < 4.78 is 30.4. The number of aromatic nitrogens is 1. The highest BCUT2D eigenvalue weighted by atomic mass is 32.2. The Bertz CT molecular complexity index is 686. The van der Waals surface area contributed by atoms with E-state index < -0.39 is 15.1 Å². The van der Waals surface area contributed by atoms with Crippen molar-refractivity contribution in [3.05, 3.63) is 18.3 Å². The van der Waals surface area contributed by atoms with Gasteiger partial charge in [0.25, 0.3) is 0 Å². The third kappa shape index (κ3) is 5.97. The number of anilines is 1. The lowest BCUT2D eigenvalue weighted by molar-refractivity contribution is -0.120. The molecule has 1 heterocycles. The molecule has 1 fully saturated rings. The van der Waals surface area contributed by atoms with Crippen LogP contribution >= 0.6 is 0 Å². The van der Waals surface area contributed by atoms with Crippen LogP contribution in [0.5, 0.6) is 5.75 Å². The topological polar surface area (TPSA) is 85.4 Å². The number of hydrogen-bond donors (Lipinski definition) is 1. The van der Waals surface area contributed by atoms with Crippen LogP contribution in [-0.2, 0) is 14.6 Å². The molecule has 2 unspecified atom stereocenters. The number of carbonyl (C=O) groups is 1. The molecule has 6 nitrogen and oxygen atoms in total. The van der Waals surface area contributed by atoms with Crippen molar-refractivity contribution < 1.29 is 17.9 Å². The van der Waals surface area contributed by atoms with Crippen LogP contribution < -0.4 is 10.1 Å². The van der Waals surface area contributed by atoms with E-state index in [0.717, 1.165) is 19.3 Å². The van der Waals surface area contributed by atoms with Crippen molar-refractivity contribution in [2.75, 3.05) is 11.1 Å². The number of nitrogens with one attached hydrogen (secondary N) is 1. The quantitative estimate of drug-likeness (QED) is 0.743. The predicted molar refractivity (Wildman–Crippen MR) is 103 cm³/mol. The van der Waals surface area contributed by atoms with Crippen LogP contribution in [0.1, 0.15) is 59.3 Å². The summed E-state index contributed by atoms with van der Waals surface area (Å²) in [6.07, 6.45) is 5.74. The number of carbonyl (C=O) groups excluding carboxylic acids is 1. The molecule has 1 aromatic heterocycles. The van der Waals surface area contributed by atoms with Crippen LogP contribution in [0.4, 0.5) is 5.82 Å². The lowest BCUT2D eigenvalue weighted by atomic mass is 9.88. The van der Waals surface area contributed by atoms with Crippen molar-refractivity contribution in [3.63, 3.8) is 0 Å². The van der Waals surface area contributed by atoms with Gasteiger partial charge in [0.15, 0.2) is 9.84 Å². The van der Waals surface area contributed by atoms with Gasteiger partial charge in [-0.2, -0.15) is 0 Å². The van der Waals surface area contributed by atoms with Crippen molar-refractivity contribution in [2.24, 2.45) is 5.92 Å². The number of amides is 1. The van der Waals surface area contributed by atoms with Crippen LogP contribution in [0.25, 0.3) is 0 Å². The van der Waals surface area contributed by atoms with Gasteiger partial charge in [0, 0.05) is 5.92 Å². The highest BCUT2D eigenvalue weighted by molar-refractivity contribution is 7.92. The van der Waals surface area contributed by atoms with Gasteiger partial charge in [-0.1, -0.05) is 19.8 Å². The van der Waals surface area contributed by atoms with Crippen molar-refractivity contribution in [3.8, 4) is 5.75 Å². The molecule has 1 saturated carbocycles. The third-order valence-electron chi connectivity index (χ3n) is 4.65. The molecule has 0 saturated heterocycles. The molecular formula is C19H30N2O4S. The van der Waals surface area contributed by atoms with E-state index in [1.54, 1.807) is 18.3 Å². The van der Waals surface area contributed by atoms with E-state index in [2.05, 4.69) is 10.3 Å². The van der Waals surface area contributed by atoms with Gasteiger partial charge in [0.2, 0.25) is 5.91 Å². The minimum absolute atomic E-state index is 0.0612. The second-order valence-electron chi connectivity index (χ2n) is 7.24. The fourth-order valence-corrected chi connectivity index (χ4v) is 5.32. The summed E-state index contributed by atoms with van der Waals surface area (Å²) in [7, 11) is -3.11. The Labute approximate surface area is 156 Å². The molecule has 1 amide bonds. The first-order valence-electron chi connectivity index (χ1n) is 9.47. The average molecular weight is 383 g/mol. The normalized spacial score (nSPS) is 20.8. The maximum absolute atomic E-state index is 12.5. The molecule has 2 rings (SSSR count). The minimum Gasteiger partial charge on any atom is -0.489 e. The molecule has 1 aliphatic rings. The molecule has 1 aliphatic carbocycles. The van der Waals surface area contributed by atoms with Crippen LogP contribution in [0.3, 0.4) is 0 Å². The van der Waals surface area contributed by atoms with Gasteiger partial charge in [-0.3, -0.25) is 4.79 Å². The predicted octanol–water partition coefficient (Wildman–Crippen LogP) is 3.58. The van der Waals surface area contributed by atoms with Crippen LogP contribution in [-0.4, -0.2) is 36.4 Å². The fraction of sp³-hybridized carbons (Fsp3) is 0.684. The molecule has 2 atom stereocenters. The Morgan fingerprint density at radius 1 is 1.35 bits per heavy atom. The second-order valence-corrected chi connectivity index (χ2v) is 9.64. The summed E-state index contributed by atoms with van der Waals surface area (Å²) in [5.41, 5.74) is 0. The van der Waals surface area contributed by atoms with Crippen molar-refractivity contribution in [2.45, 2.75) is 70.7 Å². The second kappa shape index (κ2) is 9.35. The largest absolute Gasteiger partial charge is 0.489 e. The SMILES string of the molecule is CCCCS(=O)(=O)C1CCCC(C(=O)Nc2ccc(OC(C)C)cn2)C1. The lowest BCUT2D eigenvalue weighted by Crippen LogP contribution is -2.35. The van der Waals surface area contributed by atoms with Gasteiger partial charge >= 0.3 is 0 Å². The van der Waals surface area contributed by atoms with E-state index in [1.807, 2.05) is 20.8 Å². The highest BCUT2D eigenvalue weighted by Gasteiger charge is 2.34. The van der Waals surface area contributed by atoms with Crippen molar-refractivity contribution in [1.29, 1.82) is 0 Å². The highest BCUT2D eigenvalue weighted by Crippen LogP contribution is 2.30. The Morgan fingerprint density at radius 3 is 2.73 bits per heavy atom. The maximum atomic E-state index is 12.5. The monoisotopic (exact) mass is 382 g/mol. The third-order valence-corrected chi connectivity index (χ3v) is 6.95. The van der Waals surface area contributed by atoms with E-state index in [9.17, 15) is 13.2 Å². The summed E-state index contributed by atoms with van der Waals surface area (Å²) in [6.45, 7) is 5.85. The van der Waals surface area contributed by atoms with Gasteiger partial charge in [-0.25, -0.2) is 13.4 Å². The smallest absolute Gasteiger partial charge is 0.228 e. The Kier molecular flexibility index (Phi) is 7.43.